The van der Waals surface area contributed by atoms with Gasteiger partial charge in [0.15, 0.2) is 0 Å². The molecule has 142 valence electrons. The Morgan fingerprint density at radius 2 is 2.23 bits per heavy atom. The van der Waals surface area contributed by atoms with Crippen LogP contribution in [0.25, 0.3) is 0 Å². The van der Waals surface area contributed by atoms with Crippen molar-refractivity contribution in [2.45, 2.75) is 37.4 Å². The van der Waals surface area contributed by atoms with E-state index in [0.29, 0.717) is 31.2 Å². The minimum atomic E-state index is -0.286. The number of nitrogens with one attached hydrogen (secondary N) is 2. The Morgan fingerprint density at radius 1 is 1.38 bits per heavy atom. The molecule has 1 aromatic heterocycles. The number of hydrogen-bond donors (Lipinski definition) is 2. The molecule has 0 bridgehead atoms. The molecule has 1 aliphatic carbocycles. The Balaban J connectivity index is 1.48. The number of carbonyl (C=O) groups excluding carboxylic acids is 1. The lowest BCUT2D eigenvalue weighted by atomic mass is 9.96. The van der Waals surface area contributed by atoms with Gasteiger partial charge in [-0.15, -0.1) is 0 Å². The van der Waals surface area contributed by atoms with E-state index < -0.39 is 0 Å². The fraction of sp³-hybridized carbons (Fsp3) is 0.684. The van der Waals surface area contributed by atoms with Gasteiger partial charge in [-0.2, -0.15) is 0 Å². The van der Waals surface area contributed by atoms with Crippen molar-refractivity contribution < 1.29 is 9.53 Å². The minimum Gasteiger partial charge on any atom is -0.379 e. The van der Waals surface area contributed by atoms with Crippen molar-refractivity contribution in [1.82, 2.24) is 25.6 Å². The van der Waals surface area contributed by atoms with Crippen molar-refractivity contribution in [3.63, 3.8) is 0 Å². The van der Waals surface area contributed by atoms with Gasteiger partial charge in [0.2, 0.25) is 5.91 Å². The van der Waals surface area contributed by atoms with Gasteiger partial charge in [-0.3, -0.25) is 25.5 Å². The molecule has 1 aromatic rings. The second-order valence-corrected chi connectivity index (χ2v) is 7.65. The third-order valence-electron chi connectivity index (χ3n) is 6.03. The highest BCUT2D eigenvalue weighted by Gasteiger charge is 2.40. The van der Waals surface area contributed by atoms with Gasteiger partial charge in [-0.05, 0) is 30.4 Å². The van der Waals surface area contributed by atoms with Gasteiger partial charge in [-0.1, -0.05) is 12.5 Å². The number of fused-ring (bicyclic) bond motifs is 1. The summed E-state index contributed by atoms with van der Waals surface area (Å²) in [5.74, 6) is 0.772. The molecule has 26 heavy (non-hydrogen) atoms. The first-order chi connectivity index (χ1) is 12.7. The predicted octanol–water partition coefficient (Wildman–Crippen LogP) is 0.558. The SMILES string of the molecule is CN(CC1NNC2CCCC21)C(=O)C(c1cccnc1)N1CCOCC1. The molecule has 3 heterocycles. The average Bonchev–Trinajstić information content (AvgIpc) is 3.29. The summed E-state index contributed by atoms with van der Waals surface area (Å²) in [6.45, 7) is 3.62. The van der Waals surface area contributed by atoms with E-state index in [1.165, 1.54) is 19.3 Å². The second-order valence-electron chi connectivity index (χ2n) is 7.65. The molecule has 2 saturated heterocycles. The van der Waals surface area contributed by atoms with E-state index in [4.69, 9.17) is 4.74 Å². The number of amides is 1. The minimum absolute atomic E-state index is 0.142. The van der Waals surface area contributed by atoms with Gasteiger partial charge < -0.3 is 9.64 Å². The molecule has 4 unspecified atom stereocenters. The van der Waals surface area contributed by atoms with E-state index in [0.717, 1.165) is 25.2 Å². The Bertz CT molecular complexity index is 607. The quantitative estimate of drug-likeness (QED) is 0.801. The Labute approximate surface area is 155 Å². The normalized spacial score (nSPS) is 30.1. The molecule has 3 fully saturated rings. The van der Waals surface area contributed by atoms with Crippen LogP contribution in [0.1, 0.15) is 30.9 Å². The number of pyridine rings is 1. The molecule has 7 nitrogen and oxygen atoms in total. The van der Waals surface area contributed by atoms with Crippen molar-refractivity contribution in [3.05, 3.63) is 30.1 Å². The van der Waals surface area contributed by atoms with Crippen molar-refractivity contribution in [2.24, 2.45) is 5.92 Å². The zero-order chi connectivity index (χ0) is 17.9. The van der Waals surface area contributed by atoms with Gasteiger partial charge in [0, 0.05) is 51.2 Å². The predicted molar refractivity (Wildman–Crippen MR) is 98.2 cm³/mol. The fourth-order valence-corrected chi connectivity index (χ4v) is 4.63. The number of carbonyl (C=O) groups is 1. The number of aromatic nitrogens is 1. The molecule has 0 spiro atoms. The number of hydrazine groups is 1. The summed E-state index contributed by atoms with van der Waals surface area (Å²) < 4.78 is 5.48. The van der Waals surface area contributed by atoms with Gasteiger partial charge >= 0.3 is 0 Å². The zero-order valence-corrected chi connectivity index (χ0v) is 15.4. The monoisotopic (exact) mass is 359 g/mol. The van der Waals surface area contributed by atoms with Crippen LogP contribution >= 0.6 is 0 Å². The second kappa shape index (κ2) is 8.00. The first-order valence-electron chi connectivity index (χ1n) is 9.72. The van der Waals surface area contributed by atoms with Gasteiger partial charge in [0.25, 0.3) is 0 Å². The standard InChI is InChI=1S/C19H29N5O2/c1-23(13-17-15-5-2-6-16(15)21-22-17)19(25)18(14-4-3-7-20-12-14)24-8-10-26-11-9-24/h3-4,7,12,15-18,21-22H,2,5-6,8-11,13H2,1H3. The maximum Gasteiger partial charge on any atom is 0.244 e. The van der Waals surface area contributed by atoms with Gasteiger partial charge in [0.1, 0.15) is 6.04 Å². The molecular weight excluding hydrogens is 330 g/mol. The van der Waals surface area contributed by atoms with Crippen LogP contribution in [0.5, 0.6) is 0 Å². The Kier molecular flexibility index (Phi) is 5.49. The summed E-state index contributed by atoms with van der Waals surface area (Å²) in [5.41, 5.74) is 7.79. The number of ether oxygens (including phenoxy) is 1. The molecule has 2 aliphatic heterocycles. The molecule has 2 N–H and O–H groups in total. The Morgan fingerprint density at radius 3 is 3.00 bits per heavy atom. The van der Waals surface area contributed by atoms with Crippen molar-refractivity contribution in [1.29, 1.82) is 0 Å². The van der Waals surface area contributed by atoms with E-state index in [-0.39, 0.29) is 11.9 Å². The summed E-state index contributed by atoms with van der Waals surface area (Å²) in [6, 6.07) is 4.52. The van der Waals surface area contributed by atoms with Gasteiger partial charge in [0.05, 0.1) is 13.2 Å². The fourth-order valence-electron chi connectivity index (χ4n) is 4.63. The summed E-state index contributed by atoms with van der Waals surface area (Å²) >= 11 is 0. The van der Waals surface area contributed by atoms with Crippen LogP contribution in [-0.4, -0.2) is 72.7 Å². The largest absolute Gasteiger partial charge is 0.379 e. The summed E-state index contributed by atoms with van der Waals surface area (Å²) in [7, 11) is 1.93. The van der Waals surface area contributed by atoms with Crippen molar-refractivity contribution >= 4 is 5.91 Å². The lowest BCUT2D eigenvalue weighted by Gasteiger charge is -2.36. The smallest absolute Gasteiger partial charge is 0.244 e. The van der Waals surface area contributed by atoms with E-state index in [9.17, 15) is 4.79 Å². The van der Waals surface area contributed by atoms with E-state index in [1.807, 2.05) is 30.3 Å². The van der Waals surface area contributed by atoms with Gasteiger partial charge in [-0.25, -0.2) is 0 Å². The van der Waals surface area contributed by atoms with E-state index >= 15 is 0 Å². The lowest BCUT2D eigenvalue weighted by Crippen LogP contribution is -2.49. The highest BCUT2D eigenvalue weighted by Crippen LogP contribution is 2.32. The molecule has 1 amide bonds. The lowest BCUT2D eigenvalue weighted by molar-refractivity contribution is -0.138. The van der Waals surface area contributed by atoms with Crippen molar-refractivity contribution in [3.8, 4) is 0 Å². The number of hydrogen-bond acceptors (Lipinski definition) is 6. The molecule has 3 aliphatic rings. The number of likely N-dealkylation sites (N-methyl/N-ethyl adjacent to an activating group) is 1. The summed E-state index contributed by atoms with van der Waals surface area (Å²) in [5, 5.41) is 0. The van der Waals surface area contributed by atoms with Crippen LogP contribution in [0.3, 0.4) is 0 Å². The molecule has 1 saturated carbocycles. The van der Waals surface area contributed by atoms with E-state index in [1.54, 1.807) is 6.20 Å². The molecule has 0 aromatic carbocycles. The number of nitrogens with zero attached hydrogens (tertiary/aromatic N) is 3. The number of morpholine rings is 1. The molecule has 4 atom stereocenters. The highest BCUT2D eigenvalue weighted by molar-refractivity contribution is 5.83. The maximum absolute atomic E-state index is 13.4. The molecular formula is C19H29N5O2. The average molecular weight is 359 g/mol. The first kappa shape index (κ1) is 17.9. The third-order valence-corrected chi connectivity index (χ3v) is 6.03. The topological polar surface area (TPSA) is 69.7 Å². The molecule has 7 heteroatoms. The number of rotatable bonds is 5. The first-order valence-corrected chi connectivity index (χ1v) is 9.72. The summed E-state index contributed by atoms with van der Waals surface area (Å²) in [4.78, 5) is 21.7. The van der Waals surface area contributed by atoms with Crippen LogP contribution in [0.2, 0.25) is 0 Å². The van der Waals surface area contributed by atoms with Crippen LogP contribution < -0.4 is 10.9 Å². The molecule has 4 rings (SSSR count). The zero-order valence-electron chi connectivity index (χ0n) is 15.4. The van der Waals surface area contributed by atoms with Crippen LogP contribution in [-0.2, 0) is 9.53 Å². The van der Waals surface area contributed by atoms with Crippen molar-refractivity contribution in [2.75, 3.05) is 39.9 Å². The highest BCUT2D eigenvalue weighted by atomic mass is 16.5. The molecule has 0 radical (unpaired) electrons. The Hall–Kier alpha value is -1.54. The van der Waals surface area contributed by atoms with Crippen LogP contribution in [0.15, 0.2) is 24.5 Å². The van der Waals surface area contributed by atoms with E-state index in [2.05, 4.69) is 20.7 Å². The summed E-state index contributed by atoms with van der Waals surface area (Å²) in [6.07, 6.45) is 7.33. The third kappa shape index (κ3) is 3.62. The maximum atomic E-state index is 13.4. The van der Waals surface area contributed by atoms with Crippen LogP contribution in [0.4, 0.5) is 0 Å². The van der Waals surface area contributed by atoms with Crippen LogP contribution in [0, 0.1) is 5.92 Å².